The van der Waals surface area contributed by atoms with E-state index in [1.54, 1.807) is 12.3 Å². The van der Waals surface area contributed by atoms with Crippen molar-refractivity contribution in [1.29, 1.82) is 0 Å². The van der Waals surface area contributed by atoms with E-state index in [1.807, 2.05) is 24.3 Å². The van der Waals surface area contributed by atoms with Crippen LogP contribution in [-0.2, 0) is 6.42 Å². The van der Waals surface area contributed by atoms with Crippen molar-refractivity contribution >= 4 is 0 Å². The van der Waals surface area contributed by atoms with Gasteiger partial charge in [-0.2, -0.15) is 0 Å². The van der Waals surface area contributed by atoms with Crippen molar-refractivity contribution in [3.63, 3.8) is 0 Å². The first-order chi connectivity index (χ1) is 9.79. The number of rotatable bonds is 4. The van der Waals surface area contributed by atoms with E-state index in [4.69, 9.17) is 4.42 Å². The summed E-state index contributed by atoms with van der Waals surface area (Å²) in [6.07, 6.45) is 4.54. The van der Waals surface area contributed by atoms with Crippen LogP contribution in [0.15, 0.2) is 41.0 Å². The van der Waals surface area contributed by atoms with E-state index in [1.165, 1.54) is 0 Å². The third-order valence-corrected chi connectivity index (χ3v) is 3.95. The minimum Gasteiger partial charge on any atom is -0.508 e. The second kappa shape index (κ2) is 5.69. The van der Waals surface area contributed by atoms with E-state index in [9.17, 15) is 10.2 Å². The number of phenolic OH excluding ortho intramolecular Hbond substituents is 1. The van der Waals surface area contributed by atoms with Crippen LogP contribution in [0.1, 0.15) is 41.8 Å². The van der Waals surface area contributed by atoms with Crippen molar-refractivity contribution in [3.05, 3.63) is 53.5 Å². The Labute approximate surface area is 118 Å². The molecule has 0 saturated heterocycles. The lowest BCUT2D eigenvalue weighted by atomic mass is 9.86. The van der Waals surface area contributed by atoms with Crippen LogP contribution in [-0.4, -0.2) is 16.8 Å². The van der Waals surface area contributed by atoms with Gasteiger partial charge in [-0.3, -0.25) is 5.32 Å². The first kappa shape index (κ1) is 13.2. The zero-order valence-corrected chi connectivity index (χ0v) is 11.2. The van der Waals surface area contributed by atoms with E-state index in [2.05, 4.69) is 5.32 Å². The Morgan fingerprint density at radius 1 is 1.30 bits per heavy atom. The number of phenols is 1. The molecular weight excluding hydrogens is 254 g/mol. The molecule has 1 heterocycles. The maximum Gasteiger partial charge on any atom is 0.123 e. The van der Waals surface area contributed by atoms with Gasteiger partial charge in [-0.15, -0.1) is 0 Å². The minimum absolute atomic E-state index is 0.0157. The summed E-state index contributed by atoms with van der Waals surface area (Å²) in [4.78, 5) is 0. The van der Waals surface area contributed by atoms with Crippen LogP contribution >= 0.6 is 0 Å². The molecule has 1 aliphatic rings. The van der Waals surface area contributed by atoms with Gasteiger partial charge in [0.05, 0.1) is 18.9 Å². The molecule has 4 heteroatoms. The average Bonchev–Trinajstić information content (AvgIpc) is 2.99. The fourth-order valence-corrected chi connectivity index (χ4v) is 2.96. The van der Waals surface area contributed by atoms with Crippen LogP contribution in [0.5, 0.6) is 5.75 Å². The quantitative estimate of drug-likeness (QED) is 0.801. The highest BCUT2D eigenvalue weighted by Gasteiger charge is 2.25. The maximum absolute atomic E-state index is 9.95. The lowest BCUT2D eigenvalue weighted by molar-refractivity contribution is 0.210. The van der Waals surface area contributed by atoms with E-state index in [0.717, 1.165) is 36.1 Å². The lowest BCUT2D eigenvalue weighted by Crippen LogP contribution is -2.31. The van der Waals surface area contributed by atoms with Crippen LogP contribution in [0.25, 0.3) is 0 Å². The number of hydrogen-bond donors (Lipinski definition) is 3. The zero-order valence-electron chi connectivity index (χ0n) is 11.2. The van der Waals surface area contributed by atoms with Crippen molar-refractivity contribution in [2.24, 2.45) is 0 Å². The van der Waals surface area contributed by atoms with Gasteiger partial charge in [0, 0.05) is 6.04 Å². The van der Waals surface area contributed by atoms with Gasteiger partial charge in [0.2, 0.25) is 0 Å². The molecule has 106 valence electrons. The standard InChI is InChI=1S/C16H19NO3/c18-10-14(16-8-3-9-20-16)17-13-6-1-5-12-11(13)4-2-7-15(12)19/h2-4,7-9,13-14,17-19H,1,5-6,10H2. The molecule has 0 bridgehead atoms. The van der Waals surface area contributed by atoms with E-state index < -0.39 is 0 Å². The minimum atomic E-state index is -0.219. The second-order valence-electron chi connectivity index (χ2n) is 5.21. The topological polar surface area (TPSA) is 65.6 Å². The molecule has 0 aliphatic heterocycles. The summed E-state index contributed by atoms with van der Waals surface area (Å²) in [7, 11) is 0. The van der Waals surface area contributed by atoms with Crippen molar-refractivity contribution in [2.75, 3.05) is 6.61 Å². The predicted octanol–water partition coefficient (Wildman–Crippen LogP) is 2.69. The van der Waals surface area contributed by atoms with Crippen LogP contribution in [0.4, 0.5) is 0 Å². The van der Waals surface area contributed by atoms with Gasteiger partial charge in [-0.25, -0.2) is 0 Å². The zero-order chi connectivity index (χ0) is 13.9. The summed E-state index contributed by atoms with van der Waals surface area (Å²) in [6, 6.07) is 9.24. The summed E-state index contributed by atoms with van der Waals surface area (Å²) in [5, 5.41) is 22.9. The third-order valence-electron chi connectivity index (χ3n) is 3.95. The smallest absolute Gasteiger partial charge is 0.123 e. The molecule has 3 rings (SSSR count). The molecule has 2 unspecified atom stereocenters. The highest BCUT2D eigenvalue weighted by atomic mass is 16.3. The molecule has 4 nitrogen and oxygen atoms in total. The number of nitrogens with one attached hydrogen (secondary N) is 1. The Morgan fingerprint density at radius 3 is 2.95 bits per heavy atom. The number of aliphatic hydroxyl groups excluding tert-OH is 1. The fourth-order valence-electron chi connectivity index (χ4n) is 2.96. The fraction of sp³-hybridized carbons (Fsp3) is 0.375. The molecule has 2 atom stereocenters. The van der Waals surface area contributed by atoms with Gasteiger partial charge in [0.25, 0.3) is 0 Å². The second-order valence-corrected chi connectivity index (χ2v) is 5.21. The predicted molar refractivity (Wildman–Crippen MR) is 75.5 cm³/mol. The molecule has 0 amide bonds. The van der Waals surface area contributed by atoms with Gasteiger partial charge in [-0.1, -0.05) is 12.1 Å². The lowest BCUT2D eigenvalue weighted by Gasteiger charge is -2.29. The SMILES string of the molecule is OCC(NC1CCCc2c(O)cccc21)c1ccco1. The largest absolute Gasteiger partial charge is 0.508 e. The van der Waals surface area contributed by atoms with Gasteiger partial charge in [0.1, 0.15) is 11.5 Å². The van der Waals surface area contributed by atoms with Crippen molar-refractivity contribution in [3.8, 4) is 5.75 Å². The van der Waals surface area contributed by atoms with Gasteiger partial charge < -0.3 is 14.6 Å². The summed E-state index contributed by atoms with van der Waals surface area (Å²) >= 11 is 0. The summed E-state index contributed by atoms with van der Waals surface area (Å²) < 4.78 is 5.37. The Balaban J connectivity index is 1.84. The number of aliphatic hydroxyl groups is 1. The number of hydrogen-bond acceptors (Lipinski definition) is 4. The van der Waals surface area contributed by atoms with E-state index in [-0.39, 0.29) is 18.7 Å². The molecule has 1 aromatic carbocycles. The maximum atomic E-state index is 9.95. The highest BCUT2D eigenvalue weighted by Crippen LogP contribution is 2.35. The van der Waals surface area contributed by atoms with Gasteiger partial charge in [-0.05, 0) is 48.6 Å². The number of furan rings is 1. The van der Waals surface area contributed by atoms with E-state index in [0.29, 0.717) is 5.75 Å². The van der Waals surface area contributed by atoms with Crippen molar-refractivity contribution in [2.45, 2.75) is 31.3 Å². The summed E-state index contributed by atoms with van der Waals surface area (Å²) in [5.41, 5.74) is 2.15. The Bertz CT molecular complexity index is 565. The number of fused-ring (bicyclic) bond motifs is 1. The average molecular weight is 273 g/mol. The normalized spacial score (nSPS) is 19.6. The first-order valence-electron chi connectivity index (χ1n) is 7.00. The molecule has 0 radical (unpaired) electrons. The molecule has 3 N–H and O–H groups in total. The highest BCUT2D eigenvalue weighted by molar-refractivity contribution is 5.42. The summed E-state index contributed by atoms with van der Waals surface area (Å²) in [5.74, 6) is 1.10. The monoisotopic (exact) mass is 273 g/mol. The number of aromatic hydroxyl groups is 1. The first-order valence-corrected chi connectivity index (χ1v) is 7.00. The molecule has 1 aliphatic carbocycles. The molecule has 0 saturated carbocycles. The van der Waals surface area contributed by atoms with Crippen LogP contribution < -0.4 is 5.32 Å². The molecule has 0 fully saturated rings. The molecule has 1 aromatic heterocycles. The van der Waals surface area contributed by atoms with Crippen molar-refractivity contribution in [1.82, 2.24) is 5.32 Å². The van der Waals surface area contributed by atoms with Gasteiger partial charge >= 0.3 is 0 Å². The van der Waals surface area contributed by atoms with Crippen LogP contribution in [0, 0.1) is 0 Å². The Kier molecular flexibility index (Phi) is 3.76. The molecule has 0 spiro atoms. The van der Waals surface area contributed by atoms with Gasteiger partial charge in [0.15, 0.2) is 0 Å². The molecule has 2 aromatic rings. The van der Waals surface area contributed by atoms with E-state index >= 15 is 0 Å². The van der Waals surface area contributed by atoms with Crippen LogP contribution in [0.2, 0.25) is 0 Å². The summed E-state index contributed by atoms with van der Waals surface area (Å²) in [6.45, 7) is -0.0157. The third kappa shape index (κ3) is 2.44. The molecule has 20 heavy (non-hydrogen) atoms. The Hall–Kier alpha value is -1.78. The van der Waals surface area contributed by atoms with Crippen molar-refractivity contribution < 1.29 is 14.6 Å². The van der Waals surface area contributed by atoms with Crippen LogP contribution in [0.3, 0.4) is 0 Å². The molecular formula is C16H19NO3. The number of benzene rings is 1. The Morgan fingerprint density at radius 2 is 2.20 bits per heavy atom.